The SMILES string of the molecule is COc1ccc(NC(=O)CSc2nnc(CNC(=O)c3ccccc3)n2-c2ccccc2)cc1. The number of nitrogens with one attached hydrogen (secondary N) is 2. The van der Waals surface area contributed by atoms with E-state index in [-0.39, 0.29) is 24.1 Å². The second kappa shape index (κ2) is 11.2. The minimum Gasteiger partial charge on any atom is -0.497 e. The molecule has 1 heterocycles. The number of methoxy groups -OCH3 is 1. The van der Waals surface area contributed by atoms with Crippen LogP contribution in [0.2, 0.25) is 0 Å². The minimum absolute atomic E-state index is 0.146. The average Bonchev–Trinajstić information content (AvgIpc) is 3.30. The number of hydrogen-bond donors (Lipinski definition) is 2. The Kier molecular flexibility index (Phi) is 7.56. The standard InChI is InChI=1S/C25H23N5O3S/c1-33-21-14-12-19(13-15-21)27-23(31)17-34-25-29-28-22(30(25)20-10-6-3-7-11-20)16-26-24(32)18-8-4-2-5-9-18/h2-15H,16-17H2,1H3,(H,26,32)(H,27,31). The molecular formula is C25H23N5O3S. The van der Waals surface area contributed by atoms with Gasteiger partial charge in [-0.05, 0) is 48.5 Å². The molecule has 8 nitrogen and oxygen atoms in total. The van der Waals surface area contributed by atoms with Crippen molar-refractivity contribution in [2.24, 2.45) is 0 Å². The van der Waals surface area contributed by atoms with Crippen LogP contribution >= 0.6 is 11.8 Å². The number of thioether (sulfide) groups is 1. The van der Waals surface area contributed by atoms with E-state index in [9.17, 15) is 9.59 Å². The van der Waals surface area contributed by atoms with Crippen molar-refractivity contribution in [3.05, 3.63) is 96.3 Å². The van der Waals surface area contributed by atoms with Crippen LogP contribution in [-0.2, 0) is 11.3 Å². The number of carbonyl (C=O) groups excluding carboxylic acids is 2. The lowest BCUT2D eigenvalue weighted by molar-refractivity contribution is -0.113. The molecule has 9 heteroatoms. The molecule has 0 aliphatic rings. The predicted molar refractivity (Wildman–Crippen MR) is 131 cm³/mol. The Balaban J connectivity index is 1.45. The summed E-state index contributed by atoms with van der Waals surface area (Å²) >= 11 is 1.27. The average molecular weight is 474 g/mol. The maximum Gasteiger partial charge on any atom is 0.251 e. The van der Waals surface area contributed by atoms with E-state index in [1.54, 1.807) is 43.5 Å². The lowest BCUT2D eigenvalue weighted by Gasteiger charge is -2.11. The summed E-state index contributed by atoms with van der Waals surface area (Å²) in [6, 6.07) is 25.7. The van der Waals surface area contributed by atoms with Crippen LogP contribution in [0.5, 0.6) is 5.75 Å². The summed E-state index contributed by atoms with van der Waals surface area (Å²) in [4.78, 5) is 25.0. The van der Waals surface area contributed by atoms with Crippen LogP contribution < -0.4 is 15.4 Å². The highest BCUT2D eigenvalue weighted by atomic mass is 32.2. The molecule has 3 aromatic carbocycles. The molecule has 0 aliphatic heterocycles. The molecule has 1 aromatic heterocycles. The summed E-state index contributed by atoms with van der Waals surface area (Å²) in [6.07, 6.45) is 0. The number of amides is 2. The zero-order chi connectivity index (χ0) is 23.8. The summed E-state index contributed by atoms with van der Waals surface area (Å²) in [6.45, 7) is 0.189. The highest BCUT2D eigenvalue weighted by molar-refractivity contribution is 7.99. The summed E-state index contributed by atoms with van der Waals surface area (Å²) in [5, 5.41) is 14.8. The first-order valence-electron chi connectivity index (χ1n) is 10.5. The third-order valence-corrected chi connectivity index (χ3v) is 5.79. The van der Waals surface area contributed by atoms with Gasteiger partial charge in [0.05, 0.1) is 19.4 Å². The summed E-state index contributed by atoms with van der Waals surface area (Å²) < 4.78 is 6.98. The van der Waals surface area contributed by atoms with Crippen molar-refractivity contribution in [1.82, 2.24) is 20.1 Å². The molecule has 2 N–H and O–H groups in total. The number of carbonyl (C=O) groups is 2. The Morgan fingerprint density at radius 3 is 2.26 bits per heavy atom. The first-order valence-corrected chi connectivity index (χ1v) is 11.5. The Morgan fingerprint density at radius 2 is 1.59 bits per heavy atom. The lowest BCUT2D eigenvalue weighted by Crippen LogP contribution is -2.24. The molecule has 4 aromatic rings. The maximum absolute atomic E-state index is 12.5. The predicted octanol–water partition coefficient (Wildman–Crippen LogP) is 3.94. The summed E-state index contributed by atoms with van der Waals surface area (Å²) in [5.74, 6) is 1.06. The van der Waals surface area contributed by atoms with Gasteiger partial charge in [-0.2, -0.15) is 0 Å². The van der Waals surface area contributed by atoms with Crippen molar-refractivity contribution in [3.8, 4) is 11.4 Å². The largest absolute Gasteiger partial charge is 0.497 e. The number of nitrogens with zero attached hydrogens (tertiary/aromatic N) is 3. The zero-order valence-corrected chi connectivity index (χ0v) is 19.3. The number of benzene rings is 3. The first-order chi connectivity index (χ1) is 16.6. The molecule has 0 atom stereocenters. The first kappa shape index (κ1) is 23.1. The normalized spacial score (nSPS) is 10.5. The molecule has 34 heavy (non-hydrogen) atoms. The van der Waals surface area contributed by atoms with E-state index >= 15 is 0 Å². The van der Waals surface area contributed by atoms with E-state index in [4.69, 9.17) is 4.74 Å². The highest BCUT2D eigenvalue weighted by Crippen LogP contribution is 2.23. The van der Waals surface area contributed by atoms with Gasteiger partial charge in [-0.15, -0.1) is 10.2 Å². The minimum atomic E-state index is -0.198. The monoisotopic (exact) mass is 473 g/mol. The number of anilines is 1. The van der Waals surface area contributed by atoms with Gasteiger partial charge in [-0.3, -0.25) is 14.2 Å². The highest BCUT2D eigenvalue weighted by Gasteiger charge is 2.17. The van der Waals surface area contributed by atoms with Crippen molar-refractivity contribution >= 4 is 29.3 Å². The molecular weight excluding hydrogens is 450 g/mol. The van der Waals surface area contributed by atoms with Crippen LogP contribution in [0.3, 0.4) is 0 Å². The van der Waals surface area contributed by atoms with Crippen molar-refractivity contribution in [2.45, 2.75) is 11.7 Å². The van der Waals surface area contributed by atoms with E-state index in [0.29, 0.717) is 22.2 Å². The zero-order valence-electron chi connectivity index (χ0n) is 18.5. The number of para-hydroxylation sites is 1. The number of ether oxygens (including phenoxy) is 1. The topological polar surface area (TPSA) is 98.1 Å². The smallest absolute Gasteiger partial charge is 0.251 e. The molecule has 0 spiro atoms. The third kappa shape index (κ3) is 5.81. The van der Waals surface area contributed by atoms with Gasteiger partial charge < -0.3 is 15.4 Å². The second-order valence-electron chi connectivity index (χ2n) is 7.18. The molecule has 0 fully saturated rings. The van der Waals surface area contributed by atoms with Gasteiger partial charge in [-0.1, -0.05) is 48.2 Å². The Labute approximate surface area is 201 Å². The molecule has 0 aliphatic carbocycles. The summed E-state index contributed by atoms with van der Waals surface area (Å²) in [7, 11) is 1.59. The third-order valence-electron chi connectivity index (χ3n) is 4.86. The van der Waals surface area contributed by atoms with Gasteiger partial charge in [0, 0.05) is 16.9 Å². The van der Waals surface area contributed by atoms with E-state index in [1.807, 2.05) is 53.1 Å². The molecule has 2 amide bonds. The van der Waals surface area contributed by atoms with E-state index < -0.39 is 0 Å². The van der Waals surface area contributed by atoms with Crippen LogP contribution in [0.25, 0.3) is 5.69 Å². The fraction of sp³-hybridized carbons (Fsp3) is 0.120. The van der Waals surface area contributed by atoms with Crippen molar-refractivity contribution in [3.63, 3.8) is 0 Å². The molecule has 4 rings (SSSR count). The summed E-state index contributed by atoms with van der Waals surface area (Å²) in [5.41, 5.74) is 2.09. The van der Waals surface area contributed by atoms with Gasteiger partial charge in [-0.25, -0.2) is 0 Å². The Bertz CT molecular complexity index is 1240. The van der Waals surface area contributed by atoms with Crippen LogP contribution in [0.15, 0.2) is 90.1 Å². The maximum atomic E-state index is 12.5. The van der Waals surface area contributed by atoms with Gasteiger partial charge in [0.2, 0.25) is 5.91 Å². The van der Waals surface area contributed by atoms with E-state index in [0.717, 1.165) is 11.4 Å². The molecule has 0 radical (unpaired) electrons. The van der Waals surface area contributed by atoms with E-state index in [2.05, 4.69) is 20.8 Å². The number of aromatic nitrogens is 3. The van der Waals surface area contributed by atoms with Crippen LogP contribution in [0, 0.1) is 0 Å². The Hall–Kier alpha value is -4.11. The van der Waals surface area contributed by atoms with Crippen LogP contribution in [0.4, 0.5) is 5.69 Å². The molecule has 0 saturated carbocycles. The van der Waals surface area contributed by atoms with E-state index in [1.165, 1.54) is 11.8 Å². The van der Waals surface area contributed by atoms with Gasteiger partial charge in [0.25, 0.3) is 5.91 Å². The second-order valence-corrected chi connectivity index (χ2v) is 8.13. The van der Waals surface area contributed by atoms with Gasteiger partial charge in [0.1, 0.15) is 5.75 Å². The van der Waals surface area contributed by atoms with Crippen LogP contribution in [0.1, 0.15) is 16.2 Å². The number of rotatable bonds is 9. The van der Waals surface area contributed by atoms with Crippen LogP contribution in [-0.4, -0.2) is 39.4 Å². The quantitative estimate of drug-likeness (QED) is 0.358. The van der Waals surface area contributed by atoms with Crippen molar-refractivity contribution in [1.29, 1.82) is 0 Å². The Morgan fingerprint density at radius 1 is 0.912 bits per heavy atom. The fourth-order valence-electron chi connectivity index (χ4n) is 3.20. The van der Waals surface area contributed by atoms with Crippen molar-refractivity contribution in [2.75, 3.05) is 18.2 Å². The lowest BCUT2D eigenvalue weighted by atomic mass is 10.2. The number of hydrogen-bond acceptors (Lipinski definition) is 6. The van der Waals surface area contributed by atoms with Gasteiger partial charge in [0.15, 0.2) is 11.0 Å². The van der Waals surface area contributed by atoms with Gasteiger partial charge >= 0.3 is 0 Å². The molecule has 0 saturated heterocycles. The molecule has 0 bridgehead atoms. The molecule has 0 unspecified atom stereocenters. The molecule has 172 valence electrons. The fourth-order valence-corrected chi connectivity index (χ4v) is 3.97. The van der Waals surface area contributed by atoms with Crippen molar-refractivity contribution < 1.29 is 14.3 Å².